The molecule has 9 aromatic rings. The zero-order chi connectivity index (χ0) is 36.0. The van der Waals surface area contributed by atoms with Crippen molar-refractivity contribution in [1.82, 2.24) is 29.9 Å². The Morgan fingerprint density at radius 3 is 1.71 bits per heavy atom. The number of nitrogens with zero attached hydrogens (tertiary/aromatic N) is 3. The number of benzene rings is 3. The lowest BCUT2D eigenvalue weighted by Crippen LogP contribution is -1.99. The van der Waals surface area contributed by atoms with Gasteiger partial charge in [-0.05, 0) is 73.8 Å². The van der Waals surface area contributed by atoms with Gasteiger partial charge in [0.15, 0.2) is 11.6 Å². The zero-order valence-electron chi connectivity index (χ0n) is 27.2. The molecule has 9 nitrogen and oxygen atoms in total. The predicted molar refractivity (Wildman–Crippen MR) is 211 cm³/mol. The minimum atomic E-state index is -0.0447. The monoisotopic (exact) mass is 810 g/mol. The number of hydrogen-bond donors (Lipinski definition) is 4. The number of carbonyl (C=O) groups is 2. The van der Waals surface area contributed by atoms with Crippen molar-refractivity contribution >= 4 is 76.5 Å². The smallest absolute Gasteiger partial charge is 0.195 e. The Balaban J connectivity index is 0.000000132. The molecule has 0 amide bonds. The highest BCUT2D eigenvalue weighted by Gasteiger charge is 2.16. The molecule has 0 bridgehead atoms. The standard InChI is InChI=1S/C20H14N2O2.C14H9BrN2O.C7H5BrN2/c23-16-8-4-7-14(9-16)15-10-17-18(12-22-20(17)21-11-15)19(24)13-5-2-1-3-6-13;15-10-6-11-12(8-17-14(11)16-7-10)13(18)9-4-2-1-3-5-9;8-6-3-5-1-2-9-7(5)10-4-6/h1-12,23H,(H,21,22);1-8H,(H,16,17);1-4H,(H,9,10). The SMILES string of the molecule is Brc1cnc2[nH]ccc2c1.O=C(c1ccccc1)c1c[nH]c2ncc(-c3cccc(O)c3)cc12.O=C(c1ccccc1)c1c[nH]c2ncc(Br)cc12. The molecule has 0 saturated carbocycles. The molecule has 3 aromatic carbocycles. The molecule has 4 N–H and O–H groups in total. The van der Waals surface area contributed by atoms with Crippen LogP contribution in [0.25, 0.3) is 44.2 Å². The number of aromatic hydroxyl groups is 1. The van der Waals surface area contributed by atoms with E-state index in [-0.39, 0.29) is 17.3 Å². The second kappa shape index (κ2) is 15.4. The first-order valence-electron chi connectivity index (χ1n) is 16.0. The van der Waals surface area contributed by atoms with Crippen LogP contribution in [0, 0.1) is 0 Å². The molecule has 0 fully saturated rings. The summed E-state index contributed by atoms with van der Waals surface area (Å²) in [5.41, 5.74) is 6.57. The lowest BCUT2D eigenvalue weighted by Gasteiger charge is -2.04. The Bertz CT molecular complexity index is 2670. The van der Waals surface area contributed by atoms with Crippen LogP contribution >= 0.6 is 31.9 Å². The van der Waals surface area contributed by atoms with Gasteiger partial charge < -0.3 is 20.1 Å². The summed E-state index contributed by atoms with van der Waals surface area (Å²) in [7, 11) is 0. The Morgan fingerprint density at radius 1 is 0.538 bits per heavy atom. The molecule has 6 aromatic heterocycles. The van der Waals surface area contributed by atoms with Crippen LogP contribution in [0.4, 0.5) is 0 Å². The number of aromatic nitrogens is 6. The fourth-order valence-corrected chi connectivity index (χ4v) is 6.28. The van der Waals surface area contributed by atoms with E-state index in [1.54, 1.807) is 61.3 Å². The van der Waals surface area contributed by atoms with Gasteiger partial charge in [0.2, 0.25) is 0 Å². The summed E-state index contributed by atoms with van der Waals surface area (Å²) in [6.45, 7) is 0. The van der Waals surface area contributed by atoms with Crippen LogP contribution in [0.3, 0.4) is 0 Å². The number of pyridine rings is 3. The van der Waals surface area contributed by atoms with Crippen molar-refractivity contribution in [3.63, 3.8) is 0 Å². The number of carbonyl (C=O) groups excluding carboxylic acids is 2. The van der Waals surface area contributed by atoms with E-state index >= 15 is 0 Å². The van der Waals surface area contributed by atoms with Gasteiger partial charge >= 0.3 is 0 Å². The lowest BCUT2D eigenvalue weighted by atomic mass is 10.0. The number of hydrogen-bond acceptors (Lipinski definition) is 6. The molecule has 11 heteroatoms. The fraction of sp³-hybridized carbons (Fsp3) is 0. The summed E-state index contributed by atoms with van der Waals surface area (Å²) in [5, 5.41) is 12.4. The molecule has 9 rings (SSSR count). The molecule has 0 aliphatic carbocycles. The topological polar surface area (TPSA) is 140 Å². The van der Waals surface area contributed by atoms with E-state index < -0.39 is 0 Å². The van der Waals surface area contributed by atoms with Crippen LogP contribution < -0.4 is 0 Å². The molecule has 254 valence electrons. The maximum Gasteiger partial charge on any atom is 0.195 e. The predicted octanol–water partition coefficient (Wildman–Crippen LogP) is 10.0. The Morgan fingerprint density at radius 2 is 1.10 bits per heavy atom. The molecular weight excluding hydrogens is 784 g/mol. The number of ketones is 2. The van der Waals surface area contributed by atoms with Crippen molar-refractivity contribution in [3.05, 3.63) is 178 Å². The molecule has 0 aliphatic rings. The molecule has 0 atom stereocenters. The number of rotatable bonds is 5. The third-order valence-corrected chi connectivity index (χ3v) is 9.00. The highest BCUT2D eigenvalue weighted by atomic mass is 79.9. The molecule has 0 radical (unpaired) electrons. The van der Waals surface area contributed by atoms with E-state index in [1.807, 2.05) is 85.1 Å². The minimum Gasteiger partial charge on any atom is -0.508 e. The summed E-state index contributed by atoms with van der Waals surface area (Å²) in [4.78, 5) is 46.9. The van der Waals surface area contributed by atoms with E-state index in [4.69, 9.17) is 0 Å². The van der Waals surface area contributed by atoms with Crippen LogP contribution in [0.2, 0.25) is 0 Å². The third kappa shape index (κ3) is 7.60. The Hall–Kier alpha value is -6.17. The molecule has 0 spiro atoms. The van der Waals surface area contributed by atoms with Crippen molar-refractivity contribution < 1.29 is 14.7 Å². The molecule has 52 heavy (non-hydrogen) atoms. The average molecular weight is 813 g/mol. The quantitative estimate of drug-likeness (QED) is 0.128. The maximum atomic E-state index is 12.7. The number of phenols is 1. The van der Waals surface area contributed by atoms with Crippen molar-refractivity contribution in [2.45, 2.75) is 0 Å². The van der Waals surface area contributed by atoms with Crippen molar-refractivity contribution in [1.29, 1.82) is 0 Å². The van der Waals surface area contributed by atoms with Crippen molar-refractivity contribution in [2.75, 3.05) is 0 Å². The number of phenolic OH excluding ortho intramolecular Hbond substituents is 1. The first-order valence-corrected chi connectivity index (χ1v) is 17.6. The van der Waals surface area contributed by atoms with Crippen molar-refractivity contribution in [2.24, 2.45) is 0 Å². The van der Waals surface area contributed by atoms with E-state index in [9.17, 15) is 14.7 Å². The summed E-state index contributed by atoms with van der Waals surface area (Å²) < 4.78 is 1.87. The van der Waals surface area contributed by atoms with Gasteiger partial charge in [0.25, 0.3) is 0 Å². The number of H-pyrrole nitrogens is 3. The summed E-state index contributed by atoms with van der Waals surface area (Å²) in [6, 6.07) is 33.2. The van der Waals surface area contributed by atoms with Gasteiger partial charge in [0.05, 0.1) is 0 Å². The average Bonchev–Trinajstić information content (AvgIpc) is 3.93. The van der Waals surface area contributed by atoms with Crippen LogP contribution in [-0.2, 0) is 0 Å². The van der Waals surface area contributed by atoms with Gasteiger partial charge in [-0.2, -0.15) is 0 Å². The summed E-state index contributed by atoms with van der Waals surface area (Å²) in [5.74, 6) is 0.153. The molecule has 6 heterocycles. The minimum absolute atomic E-state index is 0.00162. The van der Waals surface area contributed by atoms with E-state index in [1.165, 1.54) is 0 Å². The number of nitrogens with one attached hydrogen (secondary N) is 3. The fourth-order valence-electron chi connectivity index (χ4n) is 5.60. The van der Waals surface area contributed by atoms with Gasteiger partial charge in [0.1, 0.15) is 22.7 Å². The van der Waals surface area contributed by atoms with Crippen LogP contribution in [0.15, 0.2) is 155 Å². The second-order valence-electron chi connectivity index (χ2n) is 11.6. The van der Waals surface area contributed by atoms with Crippen molar-refractivity contribution in [3.8, 4) is 16.9 Å². The largest absolute Gasteiger partial charge is 0.508 e. The summed E-state index contributed by atoms with van der Waals surface area (Å²) >= 11 is 6.71. The van der Waals surface area contributed by atoms with Gasteiger partial charge in [-0.15, -0.1) is 0 Å². The number of aromatic amines is 3. The van der Waals surface area contributed by atoms with E-state index in [0.717, 1.165) is 47.5 Å². The molecule has 0 unspecified atom stereocenters. The molecular formula is C41H28Br2N6O3. The van der Waals surface area contributed by atoms with Gasteiger partial charge in [-0.1, -0.05) is 72.8 Å². The highest BCUT2D eigenvalue weighted by molar-refractivity contribution is 9.10. The van der Waals surface area contributed by atoms with Crippen LogP contribution in [-0.4, -0.2) is 46.6 Å². The second-order valence-corrected chi connectivity index (χ2v) is 13.4. The number of fused-ring (bicyclic) bond motifs is 3. The van der Waals surface area contributed by atoms with Gasteiger partial charge in [-0.25, -0.2) is 15.0 Å². The molecule has 0 aliphatic heterocycles. The van der Waals surface area contributed by atoms with Crippen LogP contribution in [0.5, 0.6) is 5.75 Å². The van der Waals surface area contributed by atoms with E-state index in [0.29, 0.717) is 27.9 Å². The Kier molecular flexibility index (Phi) is 10.1. The zero-order valence-corrected chi connectivity index (χ0v) is 30.4. The lowest BCUT2D eigenvalue weighted by molar-refractivity contribution is 0.103. The molecule has 0 saturated heterocycles. The third-order valence-electron chi connectivity index (χ3n) is 8.14. The highest BCUT2D eigenvalue weighted by Crippen LogP contribution is 2.28. The summed E-state index contributed by atoms with van der Waals surface area (Å²) in [6.07, 6.45) is 10.5. The van der Waals surface area contributed by atoms with Crippen LogP contribution in [0.1, 0.15) is 31.8 Å². The first-order chi connectivity index (χ1) is 25.3. The van der Waals surface area contributed by atoms with E-state index in [2.05, 4.69) is 61.8 Å². The maximum absolute atomic E-state index is 12.7. The van der Waals surface area contributed by atoms with Gasteiger partial charge in [0, 0.05) is 90.1 Å². The van der Waals surface area contributed by atoms with Gasteiger partial charge in [-0.3, -0.25) is 9.59 Å². The first kappa shape index (κ1) is 34.3. The normalized spacial score (nSPS) is 10.7. The Labute approximate surface area is 314 Å². The number of halogens is 2.